The predicted molar refractivity (Wildman–Crippen MR) is 86.3 cm³/mol. The number of hydrogen-bond donors (Lipinski definition) is 1. The van der Waals surface area contributed by atoms with Crippen LogP contribution in [0.15, 0.2) is 59.5 Å². The van der Waals surface area contributed by atoms with Crippen LogP contribution in [0.1, 0.15) is 24.2 Å². The van der Waals surface area contributed by atoms with E-state index in [4.69, 9.17) is 10.5 Å². The molecule has 106 valence electrons. The van der Waals surface area contributed by atoms with E-state index in [-0.39, 0.29) is 11.3 Å². The van der Waals surface area contributed by atoms with Crippen LogP contribution in [-0.4, -0.2) is 13.2 Å². The number of para-hydroxylation sites is 1. The summed E-state index contributed by atoms with van der Waals surface area (Å²) in [4.78, 5) is 1.23. The van der Waals surface area contributed by atoms with Gasteiger partial charge in [-0.25, -0.2) is 0 Å². The van der Waals surface area contributed by atoms with Gasteiger partial charge in [-0.3, -0.25) is 0 Å². The lowest BCUT2D eigenvalue weighted by Gasteiger charge is -2.24. The van der Waals surface area contributed by atoms with Gasteiger partial charge in [0.2, 0.25) is 0 Å². The number of rotatable bonds is 6. The molecule has 0 aromatic heterocycles. The Kier molecular flexibility index (Phi) is 5.50. The molecule has 0 aliphatic rings. The van der Waals surface area contributed by atoms with Crippen LogP contribution in [-0.2, 0) is 0 Å². The summed E-state index contributed by atoms with van der Waals surface area (Å²) < 4.78 is 5.49. The zero-order chi connectivity index (χ0) is 14.4. The van der Waals surface area contributed by atoms with Gasteiger partial charge < -0.3 is 10.5 Å². The Morgan fingerprint density at radius 2 is 1.70 bits per heavy atom. The fourth-order valence-corrected chi connectivity index (χ4v) is 3.44. The highest BCUT2D eigenvalue weighted by atomic mass is 32.2. The molecule has 2 rings (SSSR count). The average Bonchev–Trinajstić information content (AvgIpc) is 2.53. The van der Waals surface area contributed by atoms with Crippen molar-refractivity contribution >= 4 is 11.8 Å². The van der Waals surface area contributed by atoms with Gasteiger partial charge in [0.15, 0.2) is 0 Å². The third kappa shape index (κ3) is 3.56. The van der Waals surface area contributed by atoms with E-state index < -0.39 is 0 Å². The maximum absolute atomic E-state index is 6.34. The Morgan fingerprint density at radius 1 is 1.05 bits per heavy atom. The molecule has 2 N–H and O–H groups in total. The van der Waals surface area contributed by atoms with E-state index in [1.54, 1.807) is 18.9 Å². The second-order valence-electron chi connectivity index (χ2n) is 4.67. The first-order valence-electron chi connectivity index (χ1n) is 6.86. The van der Waals surface area contributed by atoms with E-state index in [2.05, 4.69) is 37.3 Å². The maximum Gasteiger partial charge on any atom is 0.123 e. The molecule has 0 aliphatic heterocycles. The number of hydrogen-bond acceptors (Lipinski definition) is 3. The van der Waals surface area contributed by atoms with Crippen molar-refractivity contribution in [1.82, 2.24) is 0 Å². The van der Waals surface area contributed by atoms with Crippen LogP contribution in [0, 0.1) is 0 Å². The molecule has 0 aliphatic carbocycles. The van der Waals surface area contributed by atoms with Crippen LogP contribution in [0.2, 0.25) is 0 Å². The van der Waals surface area contributed by atoms with Crippen LogP contribution in [0.3, 0.4) is 0 Å². The normalized spacial score (nSPS) is 13.8. The van der Waals surface area contributed by atoms with Gasteiger partial charge in [0.05, 0.1) is 12.4 Å². The number of benzene rings is 2. The van der Waals surface area contributed by atoms with E-state index in [1.807, 2.05) is 24.3 Å². The molecular weight excluding hydrogens is 266 g/mol. The molecule has 0 saturated carbocycles. The van der Waals surface area contributed by atoms with E-state index in [0.717, 1.165) is 12.2 Å². The zero-order valence-corrected chi connectivity index (χ0v) is 12.8. The van der Waals surface area contributed by atoms with Gasteiger partial charge in [-0.15, -0.1) is 11.8 Å². The Hall–Kier alpha value is -1.45. The molecule has 0 fully saturated rings. The summed E-state index contributed by atoms with van der Waals surface area (Å²) in [6, 6.07) is 18.6. The highest BCUT2D eigenvalue weighted by Crippen LogP contribution is 2.41. The predicted octanol–water partition coefficient (Wildman–Crippen LogP) is 4.27. The molecular formula is C17H21NOS. The molecule has 2 aromatic rings. The first-order chi connectivity index (χ1) is 9.76. The number of ether oxygens (including phenoxy) is 1. The van der Waals surface area contributed by atoms with Crippen molar-refractivity contribution in [3.63, 3.8) is 0 Å². The van der Waals surface area contributed by atoms with E-state index >= 15 is 0 Å². The lowest BCUT2D eigenvalue weighted by Crippen LogP contribution is -2.26. The van der Waals surface area contributed by atoms with E-state index in [1.165, 1.54) is 10.5 Å². The van der Waals surface area contributed by atoms with Crippen LogP contribution < -0.4 is 10.5 Å². The van der Waals surface area contributed by atoms with Crippen molar-refractivity contribution in [2.24, 2.45) is 5.73 Å². The van der Waals surface area contributed by atoms with Gasteiger partial charge in [-0.1, -0.05) is 43.3 Å². The largest absolute Gasteiger partial charge is 0.496 e. The lowest BCUT2D eigenvalue weighted by molar-refractivity contribution is 0.407. The van der Waals surface area contributed by atoms with Gasteiger partial charge in [0, 0.05) is 16.5 Å². The summed E-state index contributed by atoms with van der Waals surface area (Å²) >= 11 is 1.80. The standard InChI is InChI=1S/C17H21NOS/c1-3-15(18)17(20-13-9-5-4-6-10-13)14-11-7-8-12-16(14)19-2/h4-12,15,17H,3,18H2,1-2H3. The molecule has 2 nitrogen and oxygen atoms in total. The lowest BCUT2D eigenvalue weighted by atomic mass is 10.0. The Bertz CT molecular complexity index is 530. The number of thioether (sulfide) groups is 1. The summed E-state index contributed by atoms with van der Waals surface area (Å²) in [5.41, 5.74) is 7.51. The average molecular weight is 287 g/mol. The van der Waals surface area contributed by atoms with Crippen molar-refractivity contribution in [1.29, 1.82) is 0 Å². The highest BCUT2D eigenvalue weighted by molar-refractivity contribution is 7.99. The van der Waals surface area contributed by atoms with Crippen molar-refractivity contribution in [3.05, 3.63) is 60.2 Å². The third-order valence-electron chi connectivity index (χ3n) is 3.31. The van der Waals surface area contributed by atoms with Crippen LogP contribution in [0.4, 0.5) is 0 Å². The molecule has 0 saturated heterocycles. The first-order valence-corrected chi connectivity index (χ1v) is 7.74. The molecule has 2 unspecified atom stereocenters. The summed E-state index contributed by atoms with van der Waals surface area (Å²) in [5.74, 6) is 0.907. The van der Waals surface area contributed by atoms with Crippen molar-refractivity contribution in [2.45, 2.75) is 29.5 Å². The summed E-state index contributed by atoms with van der Waals surface area (Å²) in [6.45, 7) is 2.12. The Balaban J connectivity index is 2.32. The third-order valence-corrected chi connectivity index (χ3v) is 4.71. The Morgan fingerprint density at radius 3 is 2.35 bits per heavy atom. The molecule has 2 atom stereocenters. The van der Waals surface area contributed by atoms with Crippen molar-refractivity contribution in [3.8, 4) is 5.75 Å². The van der Waals surface area contributed by atoms with Crippen LogP contribution >= 0.6 is 11.8 Å². The van der Waals surface area contributed by atoms with Crippen LogP contribution in [0.25, 0.3) is 0 Å². The van der Waals surface area contributed by atoms with Crippen molar-refractivity contribution < 1.29 is 4.74 Å². The maximum atomic E-state index is 6.34. The smallest absolute Gasteiger partial charge is 0.123 e. The van der Waals surface area contributed by atoms with Gasteiger partial charge >= 0.3 is 0 Å². The fraction of sp³-hybridized carbons (Fsp3) is 0.294. The monoisotopic (exact) mass is 287 g/mol. The zero-order valence-electron chi connectivity index (χ0n) is 12.0. The summed E-state index contributed by atoms with van der Waals surface area (Å²) in [7, 11) is 1.71. The number of nitrogens with two attached hydrogens (primary N) is 1. The molecule has 3 heteroatoms. The molecule has 0 heterocycles. The van der Waals surface area contributed by atoms with E-state index in [0.29, 0.717) is 0 Å². The van der Waals surface area contributed by atoms with Crippen LogP contribution in [0.5, 0.6) is 5.75 Å². The van der Waals surface area contributed by atoms with Gasteiger partial charge in [-0.2, -0.15) is 0 Å². The molecule has 0 amide bonds. The summed E-state index contributed by atoms with van der Waals surface area (Å²) in [5, 5.41) is 0.193. The molecule has 0 spiro atoms. The van der Waals surface area contributed by atoms with Crippen molar-refractivity contribution in [2.75, 3.05) is 7.11 Å². The minimum absolute atomic E-state index is 0.0940. The van der Waals surface area contributed by atoms with Gasteiger partial charge in [-0.05, 0) is 24.6 Å². The molecule has 0 bridgehead atoms. The topological polar surface area (TPSA) is 35.2 Å². The summed E-state index contributed by atoms with van der Waals surface area (Å²) in [6.07, 6.45) is 0.933. The highest BCUT2D eigenvalue weighted by Gasteiger charge is 2.22. The SMILES string of the molecule is CCC(N)C(Sc1ccccc1)c1ccccc1OC. The van der Waals surface area contributed by atoms with Gasteiger partial charge in [0.25, 0.3) is 0 Å². The number of methoxy groups -OCH3 is 1. The quantitative estimate of drug-likeness (QED) is 0.806. The second kappa shape index (κ2) is 7.36. The fourth-order valence-electron chi connectivity index (χ4n) is 2.14. The minimum Gasteiger partial charge on any atom is -0.496 e. The van der Waals surface area contributed by atoms with E-state index in [9.17, 15) is 0 Å². The van der Waals surface area contributed by atoms with Gasteiger partial charge in [0.1, 0.15) is 5.75 Å². The first kappa shape index (κ1) is 14.9. The Labute approximate surface area is 125 Å². The minimum atomic E-state index is 0.0940. The molecule has 20 heavy (non-hydrogen) atoms. The molecule has 2 aromatic carbocycles. The second-order valence-corrected chi connectivity index (χ2v) is 5.88. The molecule has 0 radical (unpaired) electrons.